The van der Waals surface area contributed by atoms with Gasteiger partial charge < -0.3 is 29.2 Å². The zero-order valence-corrected chi connectivity index (χ0v) is 22.6. The highest BCUT2D eigenvalue weighted by molar-refractivity contribution is 5.93. The van der Waals surface area contributed by atoms with Gasteiger partial charge in [0.1, 0.15) is 37.9 Å². The number of benzene rings is 1. The Hall–Kier alpha value is -2.98. The predicted octanol–water partition coefficient (Wildman–Crippen LogP) is 3.21. The lowest BCUT2D eigenvalue weighted by molar-refractivity contribution is -0.164. The molecule has 0 saturated heterocycles. The molecule has 0 fully saturated rings. The number of hydrogen-bond acceptors (Lipinski definition) is 10. The number of esters is 4. The topological polar surface area (TPSA) is 146 Å². The van der Waals surface area contributed by atoms with E-state index in [1.54, 1.807) is 13.8 Å². The van der Waals surface area contributed by atoms with Crippen molar-refractivity contribution >= 4 is 23.9 Å². The molecule has 10 nitrogen and oxygen atoms in total. The van der Waals surface area contributed by atoms with E-state index < -0.39 is 61.3 Å². The summed E-state index contributed by atoms with van der Waals surface area (Å²) in [5, 5.41) is 20.0. The maximum atomic E-state index is 12.2. The first-order valence-electron chi connectivity index (χ1n) is 12.4. The van der Waals surface area contributed by atoms with Crippen LogP contribution in [-0.4, -0.2) is 71.7 Å². The Kier molecular flexibility index (Phi) is 12.7. The molecule has 2 atom stereocenters. The summed E-state index contributed by atoms with van der Waals surface area (Å²) in [5.41, 5.74) is -0.432. The Labute approximate surface area is 218 Å². The maximum absolute atomic E-state index is 12.2. The third kappa shape index (κ3) is 12.7. The van der Waals surface area contributed by atoms with E-state index >= 15 is 0 Å². The van der Waals surface area contributed by atoms with Crippen LogP contribution in [0.1, 0.15) is 87.9 Å². The molecule has 37 heavy (non-hydrogen) atoms. The fourth-order valence-electron chi connectivity index (χ4n) is 2.92. The molecule has 0 amide bonds. The molecule has 0 aliphatic rings. The summed E-state index contributed by atoms with van der Waals surface area (Å²) in [6, 6.07) is 5.51. The minimum Gasteiger partial charge on any atom is -0.462 e. The summed E-state index contributed by atoms with van der Waals surface area (Å²) < 4.78 is 20.1. The van der Waals surface area contributed by atoms with Crippen LogP contribution in [0.4, 0.5) is 0 Å². The van der Waals surface area contributed by atoms with Gasteiger partial charge >= 0.3 is 23.9 Å². The molecule has 1 rings (SSSR count). The van der Waals surface area contributed by atoms with Gasteiger partial charge in [0.15, 0.2) is 0 Å². The molecule has 2 N–H and O–H groups in total. The standard InChI is InChI=1S/C27H40O10/c1-7-26(3,4)14-20(28)15-35-24(32)18-9-11-19(12-10-18)25(33)36-17-21(29)16-34-22(30)13-23(31)37-27(5,6)8-2/h9-12,20-21,28-29H,7-8,13-17H2,1-6H3. The van der Waals surface area contributed by atoms with E-state index in [-0.39, 0.29) is 23.1 Å². The molecule has 208 valence electrons. The van der Waals surface area contributed by atoms with Crippen molar-refractivity contribution in [2.45, 2.75) is 85.0 Å². The Balaban J connectivity index is 2.42. The second-order valence-electron chi connectivity index (χ2n) is 10.3. The lowest BCUT2D eigenvalue weighted by atomic mass is 9.84. The Morgan fingerprint density at radius 1 is 0.730 bits per heavy atom. The summed E-state index contributed by atoms with van der Waals surface area (Å²) in [5.74, 6) is -2.99. The van der Waals surface area contributed by atoms with Crippen molar-refractivity contribution < 1.29 is 48.3 Å². The summed E-state index contributed by atoms with van der Waals surface area (Å²) in [6.45, 7) is 10.3. The maximum Gasteiger partial charge on any atom is 0.338 e. The third-order valence-corrected chi connectivity index (χ3v) is 5.88. The fourth-order valence-corrected chi connectivity index (χ4v) is 2.92. The van der Waals surface area contributed by atoms with Gasteiger partial charge in [-0.15, -0.1) is 0 Å². The van der Waals surface area contributed by atoms with Crippen LogP contribution in [-0.2, 0) is 28.5 Å². The zero-order chi connectivity index (χ0) is 28.2. The molecule has 0 radical (unpaired) electrons. The SMILES string of the molecule is CCC(C)(C)CC(O)COC(=O)c1ccc(C(=O)OCC(O)COC(=O)CC(=O)OC(C)(C)CC)cc1. The molecule has 0 spiro atoms. The van der Waals surface area contributed by atoms with Gasteiger partial charge in [0, 0.05) is 0 Å². The van der Waals surface area contributed by atoms with Gasteiger partial charge in [-0.25, -0.2) is 9.59 Å². The Morgan fingerprint density at radius 3 is 1.65 bits per heavy atom. The van der Waals surface area contributed by atoms with Gasteiger partial charge in [-0.3, -0.25) is 9.59 Å². The van der Waals surface area contributed by atoms with Crippen molar-refractivity contribution in [1.29, 1.82) is 0 Å². The van der Waals surface area contributed by atoms with Crippen LogP contribution >= 0.6 is 0 Å². The second kappa shape index (κ2) is 14.7. The monoisotopic (exact) mass is 524 g/mol. The van der Waals surface area contributed by atoms with E-state index in [0.29, 0.717) is 12.8 Å². The lowest BCUT2D eigenvalue weighted by Gasteiger charge is -2.25. The largest absolute Gasteiger partial charge is 0.462 e. The molecule has 0 aromatic heterocycles. The van der Waals surface area contributed by atoms with Crippen LogP contribution in [0.15, 0.2) is 24.3 Å². The van der Waals surface area contributed by atoms with Crippen molar-refractivity contribution in [2.75, 3.05) is 19.8 Å². The molecule has 0 aliphatic carbocycles. The zero-order valence-electron chi connectivity index (χ0n) is 22.6. The third-order valence-electron chi connectivity index (χ3n) is 5.88. The summed E-state index contributed by atoms with van der Waals surface area (Å²) in [4.78, 5) is 47.9. The number of ether oxygens (including phenoxy) is 4. The van der Waals surface area contributed by atoms with Gasteiger partial charge in [-0.1, -0.05) is 34.1 Å². The molecular formula is C27H40O10. The van der Waals surface area contributed by atoms with Gasteiger partial charge in [-0.2, -0.15) is 0 Å². The van der Waals surface area contributed by atoms with Crippen molar-refractivity contribution in [3.05, 3.63) is 35.4 Å². The predicted molar refractivity (Wildman–Crippen MR) is 134 cm³/mol. The van der Waals surface area contributed by atoms with E-state index in [9.17, 15) is 29.4 Å². The number of carbonyl (C=O) groups excluding carboxylic acids is 4. The smallest absolute Gasteiger partial charge is 0.338 e. The van der Waals surface area contributed by atoms with Crippen molar-refractivity contribution in [2.24, 2.45) is 5.41 Å². The summed E-state index contributed by atoms with van der Waals surface area (Å²) in [7, 11) is 0. The van der Waals surface area contributed by atoms with Crippen molar-refractivity contribution in [3.63, 3.8) is 0 Å². The molecule has 1 aromatic carbocycles. The molecular weight excluding hydrogens is 484 g/mol. The highest BCUT2D eigenvalue weighted by atomic mass is 16.6. The van der Waals surface area contributed by atoms with Crippen LogP contribution in [0.3, 0.4) is 0 Å². The number of rotatable bonds is 15. The second-order valence-corrected chi connectivity index (χ2v) is 10.3. The minimum atomic E-state index is -1.30. The Morgan fingerprint density at radius 2 is 1.19 bits per heavy atom. The number of carbonyl (C=O) groups is 4. The molecule has 2 unspecified atom stereocenters. The molecule has 0 bridgehead atoms. The van der Waals surface area contributed by atoms with Gasteiger partial charge in [0.25, 0.3) is 0 Å². The van der Waals surface area contributed by atoms with E-state index in [0.717, 1.165) is 6.42 Å². The van der Waals surface area contributed by atoms with Gasteiger partial charge in [-0.05, 0) is 56.4 Å². The first kappa shape index (κ1) is 32.0. The molecule has 1 aromatic rings. The lowest BCUT2D eigenvalue weighted by Crippen LogP contribution is -2.30. The average Bonchev–Trinajstić information content (AvgIpc) is 2.84. The molecule has 0 heterocycles. The van der Waals surface area contributed by atoms with Crippen molar-refractivity contribution in [3.8, 4) is 0 Å². The number of aliphatic hydroxyl groups excluding tert-OH is 2. The first-order valence-corrected chi connectivity index (χ1v) is 12.4. The van der Waals surface area contributed by atoms with E-state index in [1.807, 2.05) is 27.7 Å². The quantitative estimate of drug-likeness (QED) is 0.199. The van der Waals surface area contributed by atoms with Crippen molar-refractivity contribution in [1.82, 2.24) is 0 Å². The summed E-state index contributed by atoms with van der Waals surface area (Å²) >= 11 is 0. The molecule has 10 heteroatoms. The highest BCUT2D eigenvalue weighted by Gasteiger charge is 2.24. The van der Waals surface area contributed by atoms with E-state index in [2.05, 4.69) is 0 Å². The normalized spacial score (nSPS) is 13.3. The van der Waals surface area contributed by atoms with Gasteiger partial charge in [0.05, 0.1) is 17.2 Å². The van der Waals surface area contributed by atoms with Crippen LogP contribution in [0.5, 0.6) is 0 Å². The van der Waals surface area contributed by atoms with Gasteiger partial charge in [0.2, 0.25) is 0 Å². The number of aliphatic hydroxyl groups is 2. The highest BCUT2D eigenvalue weighted by Crippen LogP contribution is 2.26. The minimum absolute atomic E-state index is 0.0667. The van der Waals surface area contributed by atoms with Crippen LogP contribution in [0.2, 0.25) is 0 Å². The first-order chi connectivity index (χ1) is 17.2. The van der Waals surface area contributed by atoms with E-state index in [1.165, 1.54) is 24.3 Å². The van der Waals surface area contributed by atoms with Crippen LogP contribution < -0.4 is 0 Å². The molecule has 0 saturated carbocycles. The Bertz CT molecular complexity index is 904. The van der Waals surface area contributed by atoms with Crippen LogP contribution in [0, 0.1) is 5.41 Å². The average molecular weight is 525 g/mol. The van der Waals surface area contributed by atoms with Crippen LogP contribution in [0.25, 0.3) is 0 Å². The number of hydrogen-bond donors (Lipinski definition) is 2. The molecule has 0 aliphatic heterocycles. The van der Waals surface area contributed by atoms with E-state index in [4.69, 9.17) is 18.9 Å². The fraction of sp³-hybridized carbons (Fsp3) is 0.630. The summed E-state index contributed by atoms with van der Waals surface area (Å²) in [6.07, 6.45) is -0.717.